The van der Waals surface area contributed by atoms with Crippen LogP contribution in [0, 0.1) is 0 Å². The van der Waals surface area contributed by atoms with Gasteiger partial charge in [0.15, 0.2) is 0 Å². The molecule has 108 valence electrons. The molecular formula is C12H15N3O5. The fraction of sp³-hybridized carbons (Fsp3) is 0.500. The molecule has 0 spiro atoms. The number of nitrogens with one attached hydrogen (secondary N) is 2. The van der Waals surface area contributed by atoms with Crippen molar-refractivity contribution in [1.29, 1.82) is 0 Å². The first kappa shape index (κ1) is 13.3. The SMILES string of the molecule is C[C@@]1(O)[C@H](O)[C@@H](CO)O[C@H]1c1c[nH]c2c(=O)[nH]cnc12. The second-order valence-corrected chi connectivity index (χ2v) is 5.11. The van der Waals surface area contributed by atoms with Gasteiger partial charge in [-0.25, -0.2) is 4.98 Å². The van der Waals surface area contributed by atoms with Crippen LogP contribution in [0.25, 0.3) is 11.0 Å². The van der Waals surface area contributed by atoms with E-state index in [4.69, 9.17) is 9.84 Å². The zero-order chi connectivity index (χ0) is 14.5. The summed E-state index contributed by atoms with van der Waals surface area (Å²) in [6.45, 7) is 1.01. The summed E-state index contributed by atoms with van der Waals surface area (Å²) < 4.78 is 5.51. The second-order valence-electron chi connectivity index (χ2n) is 5.11. The molecule has 5 N–H and O–H groups in total. The second kappa shape index (κ2) is 4.38. The Morgan fingerprint density at radius 1 is 1.50 bits per heavy atom. The van der Waals surface area contributed by atoms with Crippen molar-refractivity contribution in [2.45, 2.75) is 30.8 Å². The molecule has 1 saturated heterocycles. The van der Waals surface area contributed by atoms with E-state index in [1.54, 1.807) is 0 Å². The van der Waals surface area contributed by atoms with E-state index < -0.39 is 30.5 Å². The fourth-order valence-corrected chi connectivity index (χ4v) is 2.62. The van der Waals surface area contributed by atoms with Gasteiger partial charge in [-0.2, -0.15) is 0 Å². The van der Waals surface area contributed by atoms with E-state index in [1.807, 2.05) is 0 Å². The third-order valence-electron chi connectivity index (χ3n) is 3.75. The van der Waals surface area contributed by atoms with Gasteiger partial charge >= 0.3 is 0 Å². The Labute approximate surface area is 113 Å². The summed E-state index contributed by atoms with van der Waals surface area (Å²) in [5.74, 6) is 0. The van der Waals surface area contributed by atoms with Crippen LogP contribution in [-0.4, -0.2) is 54.7 Å². The number of hydrogen-bond acceptors (Lipinski definition) is 6. The predicted molar refractivity (Wildman–Crippen MR) is 68.0 cm³/mol. The number of ether oxygens (including phenoxy) is 1. The van der Waals surface area contributed by atoms with Gasteiger partial charge < -0.3 is 30.0 Å². The molecule has 0 saturated carbocycles. The van der Waals surface area contributed by atoms with Gasteiger partial charge in [0.2, 0.25) is 0 Å². The number of hydrogen-bond donors (Lipinski definition) is 5. The van der Waals surface area contributed by atoms with E-state index in [0.717, 1.165) is 0 Å². The smallest absolute Gasteiger partial charge is 0.275 e. The van der Waals surface area contributed by atoms with E-state index in [1.165, 1.54) is 19.4 Å². The first-order chi connectivity index (χ1) is 9.46. The molecule has 0 aliphatic carbocycles. The highest BCUT2D eigenvalue weighted by molar-refractivity contribution is 5.78. The molecule has 2 aromatic rings. The first-order valence-electron chi connectivity index (χ1n) is 6.18. The zero-order valence-electron chi connectivity index (χ0n) is 10.7. The molecule has 3 rings (SSSR count). The van der Waals surface area contributed by atoms with Crippen LogP contribution in [0.2, 0.25) is 0 Å². The average Bonchev–Trinajstić information content (AvgIpc) is 2.92. The standard InChI is InChI=1S/C12H15N3O5/c1-12(19)9(17)6(3-16)20-10(12)5-2-13-8-7(5)14-4-15-11(8)18/h2,4,6,9-10,13,16-17,19H,3H2,1H3,(H,14,15,18)/t6-,9-,10+,12-/m1/s1. The molecule has 2 aromatic heterocycles. The lowest BCUT2D eigenvalue weighted by Crippen LogP contribution is -2.42. The molecular weight excluding hydrogens is 266 g/mol. The van der Waals surface area contributed by atoms with Crippen LogP contribution >= 0.6 is 0 Å². The molecule has 1 aliphatic heterocycles. The zero-order valence-corrected chi connectivity index (χ0v) is 10.7. The van der Waals surface area contributed by atoms with Gasteiger partial charge in [0.25, 0.3) is 5.56 Å². The highest BCUT2D eigenvalue weighted by Gasteiger charge is 2.53. The molecule has 0 unspecified atom stereocenters. The van der Waals surface area contributed by atoms with Gasteiger partial charge in [-0.3, -0.25) is 4.79 Å². The van der Waals surface area contributed by atoms with Crippen LogP contribution in [0.15, 0.2) is 17.3 Å². The Morgan fingerprint density at radius 3 is 2.90 bits per heavy atom. The number of rotatable bonds is 2. The van der Waals surface area contributed by atoms with Crippen molar-refractivity contribution in [3.63, 3.8) is 0 Å². The predicted octanol–water partition coefficient (Wildman–Crippen LogP) is -1.20. The highest BCUT2D eigenvalue weighted by atomic mass is 16.6. The van der Waals surface area contributed by atoms with Gasteiger partial charge in [-0.05, 0) is 6.92 Å². The van der Waals surface area contributed by atoms with E-state index in [-0.39, 0.29) is 11.1 Å². The third kappa shape index (κ3) is 1.70. The lowest BCUT2D eigenvalue weighted by Gasteiger charge is -2.26. The molecule has 20 heavy (non-hydrogen) atoms. The largest absolute Gasteiger partial charge is 0.394 e. The molecule has 0 bridgehead atoms. The van der Waals surface area contributed by atoms with Gasteiger partial charge in [-0.1, -0.05) is 0 Å². The Hall–Kier alpha value is -1.74. The van der Waals surface area contributed by atoms with Crippen LogP contribution in [0.1, 0.15) is 18.6 Å². The van der Waals surface area contributed by atoms with Crippen LogP contribution in [0.3, 0.4) is 0 Å². The third-order valence-corrected chi connectivity index (χ3v) is 3.75. The summed E-state index contributed by atoms with van der Waals surface area (Å²) in [6.07, 6.45) is -0.242. The van der Waals surface area contributed by atoms with Crippen molar-refractivity contribution in [2.75, 3.05) is 6.61 Å². The first-order valence-corrected chi connectivity index (χ1v) is 6.18. The van der Waals surface area contributed by atoms with Crippen LogP contribution < -0.4 is 5.56 Å². The van der Waals surface area contributed by atoms with Crippen LogP contribution in [-0.2, 0) is 4.74 Å². The van der Waals surface area contributed by atoms with E-state index in [0.29, 0.717) is 11.1 Å². The molecule has 0 amide bonds. The molecule has 0 aromatic carbocycles. The molecule has 4 atom stereocenters. The Bertz CT molecular complexity index is 692. The Morgan fingerprint density at radius 2 is 2.25 bits per heavy atom. The van der Waals surface area contributed by atoms with Crippen molar-refractivity contribution in [2.24, 2.45) is 0 Å². The van der Waals surface area contributed by atoms with Crippen LogP contribution in [0.4, 0.5) is 0 Å². The number of fused-ring (bicyclic) bond motifs is 1. The molecule has 8 heteroatoms. The number of aromatic amines is 2. The molecule has 3 heterocycles. The lowest BCUT2D eigenvalue weighted by atomic mass is 9.89. The van der Waals surface area contributed by atoms with Crippen molar-refractivity contribution in [3.05, 3.63) is 28.4 Å². The Kier molecular flexibility index (Phi) is 2.91. The number of H-pyrrole nitrogens is 2. The highest BCUT2D eigenvalue weighted by Crippen LogP contribution is 2.42. The number of nitrogens with zero attached hydrogens (tertiary/aromatic N) is 1. The monoisotopic (exact) mass is 281 g/mol. The summed E-state index contributed by atoms with van der Waals surface area (Å²) in [4.78, 5) is 20.9. The van der Waals surface area contributed by atoms with Gasteiger partial charge in [0.05, 0.1) is 12.9 Å². The summed E-state index contributed by atoms with van der Waals surface area (Å²) in [6, 6.07) is 0. The fourth-order valence-electron chi connectivity index (χ4n) is 2.62. The number of aliphatic hydroxyl groups is 3. The van der Waals surface area contributed by atoms with Crippen LogP contribution in [0.5, 0.6) is 0 Å². The summed E-state index contributed by atoms with van der Waals surface area (Å²) >= 11 is 0. The summed E-state index contributed by atoms with van der Waals surface area (Å²) in [7, 11) is 0. The minimum atomic E-state index is -1.59. The molecule has 8 nitrogen and oxygen atoms in total. The maximum Gasteiger partial charge on any atom is 0.275 e. The number of aliphatic hydroxyl groups excluding tert-OH is 2. The minimum absolute atomic E-state index is 0.267. The van der Waals surface area contributed by atoms with Crippen molar-refractivity contribution in [1.82, 2.24) is 15.0 Å². The Balaban J connectivity index is 2.12. The van der Waals surface area contributed by atoms with Crippen molar-refractivity contribution >= 4 is 11.0 Å². The van der Waals surface area contributed by atoms with E-state index in [2.05, 4.69) is 15.0 Å². The van der Waals surface area contributed by atoms with Crippen molar-refractivity contribution in [3.8, 4) is 0 Å². The maximum atomic E-state index is 11.6. The molecule has 1 aliphatic rings. The molecule has 0 radical (unpaired) electrons. The average molecular weight is 281 g/mol. The summed E-state index contributed by atoms with van der Waals surface area (Å²) in [5, 5.41) is 29.6. The number of aromatic nitrogens is 3. The molecule has 1 fully saturated rings. The van der Waals surface area contributed by atoms with Crippen molar-refractivity contribution < 1.29 is 20.1 Å². The quantitative estimate of drug-likeness (QED) is 0.469. The van der Waals surface area contributed by atoms with Gasteiger partial charge in [-0.15, -0.1) is 0 Å². The minimum Gasteiger partial charge on any atom is -0.394 e. The van der Waals surface area contributed by atoms with E-state index >= 15 is 0 Å². The van der Waals surface area contributed by atoms with Gasteiger partial charge in [0, 0.05) is 11.8 Å². The normalized spacial score (nSPS) is 33.9. The maximum absolute atomic E-state index is 11.6. The van der Waals surface area contributed by atoms with E-state index in [9.17, 15) is 15.0 Å². The topological polar surface area (TPSA) is 131 Å². The van der Waals surface area contributed by atoms with Gasteiger partial charge in [0.1, 0.15) is 34.9 Å². The summed E-state index contributed by atoms with van der Waals surface area (Å²) in [5.41, 5.74) is -0.829. The lowest BCUT2D eigenvalue weighted by molar-refractivity contribution is -0.0641.